The van der Waals surface area contributed by atoms with Crippen molar-refractivity contribution in [3.63, 3.8) is 0 Å². The van der Waals surface area contributed by atoms with Gasteiger partial charge in [-0.15, -0.1) is 11.3 Å². The molecule has 2 aromatic heterocycles. The summed E-state index contributed by atoms with van der Waals surface area (Å²) in [4.78, 5) is 35.3. The minimum Gasteiger partial charge on any atom is -0.481 e. The summed E-state index contributed by atoms with van der Waals surface area (Å²) in [5.74, 6) is -0.825. The van der Waals surface area contributed by atoms with Crippen LogP contribution in [0.25, 0.3) is 10.2 Å². The average molecular weight is 398 g/mol. The Hall–Kier alpha value is -1.93. The summed E-state index contributed by atoms with van der Waals surface area (Å²) in [5.41, 5.74) is 0.766. The van der Waals surface area contributed by atoms with E-state index in [4.69, 9.17) is 16.3 Å². The molecule has 7 nitrogen and oxygen atoms in total. The number of aliphatic carboxylic acids is 1. The van der Waals surface area contributed by atoms with E-state index in [-0.39, 0.29) is 23.3 Å². The van der Waals surface area contributed by atoms with E-state index in [1.807, 2.05) is 11.8 Å². The Labute approximate surface area is 159 Å². The van der Waals surface area contributed by atoms with Gasteiger partial charge in [-0.2, -0.15) is 4.98 Å². The van der Waals surface area contributed by atoms with Crippen LogP contribution in [0.1, 0.15) is 41.9 Å². The molecule has 0 amide bonds. The van der Waals surface area contributed by atoms with Gasteiger partial charge in [0.25, 0.3) is 0 Å². The third-order valence-corrected chi connectivity index (χ3v) is 5.75. The molecule has 1 aliphatic heterocycles. The van der Waals surface area contributed by atoms with Crippen molar-refractivity contribution in [2.75, 3.05) is 18.0 Å². The first-order valence-electron chi connectivity index (χ1n) is 8.43. The zero-order valence-electron chi connectivity index (χ0n) is 14.8. The highest BCUT2D eigenvalue weighted by atomic mass is 35.5. The van der Waals surface area contributed by atoms with Crippen molar-refractivity contribution >= 4 is 50.9 Å². The second-order valence-electron chi connectivity index (χ2n) is 6.61. The van der Waals surface area contributed by atoms with E-state index in [2.05, 4.69) is 9.97 Å². The van der Waals surface area contributed by atoms with E-state index < -0.39 is 5.97 Å². The number of carbonyl (C=O) groups is 2. The summed E-state index contributed by atoms with van der Waals surface area (Å²) in [5, 5.41) is 10.1. The molecule has 0 atom stereocenters. The number of carboxylic acid groups (broad SMARTS) is 1. The van der Waals surface area contributed by atoms with Crippen LogP contribution in [0, 0.1) is 12.8 Å². The molecule has 0 aliphatic carbocycles. The summed E-state index contributed by atoms with van der Waals surface area (Å²) in [6, 6.07) is 0. The fraction of sp³-hybridized carbons (Fsp3) is 0.529. The maximum Gasteiger partial charge on any atom is 0.348 e. The van der Waals surface area contributed by atoms with Crippen molar-refractivity contribution < 1.29 is 19.4 Å². The molecule has 140 valence electrons. The van der Waals surface area contributed by atoms with Gasteiger partial charge in [0.15, 0.2) is 0 Å². The number of carbonyl (C=O) groups excluding carboxylic acids is 1. The van der Waals surface area contributed by atoms with Crippen molar-refractivity contribution in [3.05, 3.63) is 15.7 Å². The van der Waals surface area contributed by atoms with Crippen molar-refractivity contribution in [2.24, 2.45) is 5.92 Å². The van der Waals surface area contributed by atoms with Gasteiger partial charge in [-0.25, -0.2) is 9.78 Å². The van der Waals surface area contributed by atoms with Gasteiger partial charge in [0.2, 0.25) is 5.28 Å². The molecule has 1 saturated heterocycles. The normalized spacial score (nSPS) is 15.7. The summed E-state index contributed by atoms with van der Waals surface area (Å²) in [6.45, 7) is 6.59. The second-order valence-corrected chi connectivity index (χ2v) is 7.94. The molecule has 26 heavy (non-hydrogen) atoms. The maximum absolute atomic E-state index is 12.4. The monoisotopic (exact) mass is 397 g/mol. The molecule has 1 N–H and O–H groups in total. The Morgan fingerprint density at radius 1 is 1.31 bits per heavy atom. The molecule has 0 saturated carbocycles. The van der Waals surface area contributed by atoms with Crippen LogP contribution in [-0.4, -0.2) is 46.2 Å². The van der Waals surface area contributed by atoms with E-state index in [1.54, 1.807) is 13.8 Å². The number of thiophene rings is 1. The minimum atomic E-state index is -0.763. The first-order valence-corrected chi connectivity index (χ1v) is 9.62. The van der Waals surface area contributed by atoms with Gasteiger partial charge in [-0.3, -0.25) is 4.79 Å². The van der Waals surface area contributed by atoms with E-state index in [0.29, 0.717) is 41.5 Å². The number of halogens is 1. The number of piperidine rings is 1. The van der Waals surface area contributed by atoms with Gasteiger partial charge in [-0.1, -0.05) is 0 Å². The van der Waals surface area contributed by atoms with E-state index in [0.717, 1.165) is 10.9 Å². The molecule has 3 rings (SSSR count). The van der Waals surface area contributed by atoms with Gasteiger partial charge in [0.05, 0.1) is 17.4 Å². The molecular weight excluding hydrogens is 378 g/mol. The summed E-state index contributed by atoms with van der Waals surface area (Å²) in [7, 11) is 0. The molecule has 0 aromatic carbocycles. The van der Waals surface area contributed by atoms with Gasteiger partial charge >= 0.3 is 11.9 Å². The molecule has 0 radical (unpaired) electrons. The fourth-order valence-electron chi connectivity index (χ4n) is 3.12. The topological polar surface area (TPSA) is 92.6 Å². The lowest BCUT2D eigenvalue weighted by Gasteiger charge is -2.31. The summed E-state index contributed by atoms with van der Waals surface area (Å²) in [6.07, 6.45) is 0.879. The molecule has 9 heteroatoms. The van der Waals surface area contributed by atoms with Gasteiger partial charge in [-0.05, 0) is 50.8 Å². The van der Waals surface area contributed by atoms with Crippen LogP contribution >= 0.6 is 22.9 Å². The van der Waals surface area contributed by atoms with E-state index in [1.165, 1.54) is 11.3 Å². The number of carboxylic acids is 1. The van der Waals surface area contributed by atoms with Crippen LogP contribution in [0.5, 0.6) is 0 Å². The number of aromatic nitrogens is 2. The van der Waals surface area contributed by atoms with Crippen LogP contribution in [0.15, 0.2) is 0 Å². The first-order chi connectivity index (χ1) is 12.3. The van der Waals surface area contributed by atoms with Crippen LogP contribution in [-0.2, 0) is 9.53 Å². The van der Waals surface area contributed by atoms with Crippen molar-refractivity contribution in [1.82, 2.24) is 9.97 Å². The molecule has 0 unspecified atom stereocenters. The number of esters is 1. The predicted octanol–water partition coefficient (Wildman–Crippen LogP) is 3.52. The van der Waals surface area contributed by atoms with E-state index >= 15 is 0 Å². The number of anilines is 1. The van der Waals surface area contributed by atoms with Crippen LogP contribution in [0.2, 0.25) is 5.28 Å². The molecule has 0 bridgehead atoms. The number of ether oxygens (including phenoxy) is 1. The quantitative estimate of drug-likeness (QED) is 0.623. The second kappa shape index (κ2) is 7.36. The fourth-order valence-corrected chi connectivity index (χ4v) is 4.39. The predicted molar refractivity (Wildman–Crippen MR) is 100 cm³/mol. The highest BCUT2D eigenvalue weighted by molar-refractivity contribution is 7.20. The number of nitrogens with zero attached hydrogens (tertiary/aromatic N) is 3. The van der Waals surface area contributed by atoms with Crippen molar-refractivity contribution in [3.8, 4) is 0 Å². The highest BCUT2D eigenvalue weighted by Gasteiger charge is 2.29. The molecule has 1 aliphatic rings. The number of rotatable bonds is 4. The van der Waals surface area contributed by atoms with Gasteiger partial charge < -0.3 is 14.7 Å². The lowest BCUT2D eigenvalue weighted by molar-refractivity contribution is -0.142. The Balaban J connectivity index is 1.99. The van der Waals surface area contributed by atoms with E-state index in [9.17, 15) is 14.7 Å². The Kier molecular flexibility index (Phi) is 5.34. The Bertz CT molecular complexity index is 859. The minimum absolute atomic E-state index is 0.109. The third-order valence-electron chi connectivity index (χ3n) is 4.42. The number of aryl methyl sites for hydroxylation is 1. The highest BCUT2D eigenvalue weighted by Crippen LogP contribution is 2.37. The summed E-state index contributed by atoms with van der Waals surface area (Å²) < 4.78 is 5.31. The van der Waals surface area contributed by atoms with Crippen molar-refractivity contribution in [1.29, 1.82) is 0 Å². The van der Waals surface area contributed by atoms with Gasteiger partial charge in [0, 0.05) is 13.1 Å². The molecule has 1 fully saturated rings. The van der Waals surface area contributed by atoms with Crippen molar-refractivity contribution in [2.45, 2.75) is 39.7 Å². The third kappa shape index (κ3) is 3.61. The van der Waals surface area contributed by atoms with Crippen LogP contribution < -0.4 is 4.90 Å². The molecule has 2 aromatic rings. The smallest absolute Gasteiger partial charge is 0.348 e. The average Bonchev–Trinajstić information content (AvgIpc) is 2.90. The standard InChI is InChI=1S/C17H20ClN3O4S/c1-8(2)25-16(24)12-9(3)11-13(19-17(18)20-14(11)26-12)21-6-4-10(5-7-21)15(22)23/h8,10H,4-7H2,1-3H3,(H,22,23). The van der Waals surface area contributed by atoms with Crippen LogP contribution in [0.3, 0.4) is 0 Å². The lowest BCUT2D eigenvalue weighted by atomic mass is 9.97. The lowest BCUT2D eigenvalue weighted by Crippen LogP contribution is -2.37. The molecule has 0 spiro atoms. The zero-order chi connectivity index (χ0) is 19.0. The largest absolute Gasteiger partial charge is 0.481 e. The molecule has 3 heterocycles. The Morgan fingerprint density at radius 3 is 2.54 bits per heavy atom. The first kappa shape index (κ1) is 18.8. The summed E-state index contributed by atoms with van der Waals surface area (Å²) >= 11 is 7.34. The number of hydrogen-bond donors (Lipinski definition) is 1. The van der Waals surface area contributed by atoms with Gasteiger partial charge in [0.1, 0.15) is 15.5 Å². The van der Waals surface area contributed by atoms with Crippen LogP contribution in [0.4, 0.5) is 5.82 Å². The molecular formula is C17H20ClN3O4S. The zero-order valence-corrected chi connectivity index (χ0v) is 16.4. The number of fused-ring (bicyclic) bond motifs is 1. The SMILES string of the molecule is Cc1c(C(=O)OC(C)C)sc2nc(Cl)nc(N3CCC(C(=O)O)CC3)c12. The number of hydrogen-bond acceptors (Lipinski definition) is 7. The Morgan fingerprint density at radius 2 is 1.96 bits per heavy atom. The maximum atomic E-state index is 12.4.